The Morgan fingerprint density at radius 3 is 2.76 bits per heavy atom. The van der Waals surface area contributed by atoms with Gasteiger partial charge in [-0.05, 0) is 36.7 Å². The van der Waals surface area contributed by atoms with E-state index in [0.717, 1.165) is 17.6 Å². The van der Waals surface area contributed by atoms with Crippen LogP contribution in [0.3, 0.4) is 0 Å². The van der Waals surface area contributed by atoms with Crippen molar-refractivity contribution < 1.29 is 14.6 Å². The lowest BCUT2D eigenvalue weighted by Crippen LogP contribution is -2.36. The van der Waals surface area contributed by atoms with Crippen LogP contribution in [0.4, 0.5) is 0 Å². The van der Waals surface area contributed by atoms with Gasteiger partial charge in [-0.25, -0.2) is 4.79 Å². The summed E-state index contributed by atoms with van der Waals surface area (Å²) in [6, 6.07) is 0. The largest absolute Gasteiger partial charge is 0.457 e. The molecule has 3 rings (SSSR count). The molecule has 0 aromatic heterocycles. The second kappa shape index (κ2) is 3.02. The maximum absolute atomic E-state index is 11.8. The SMILES string of the molecule is CC1(C)C=C2C3=C(COC3=O)[C@@](C)(O)C[C@@H]2C1. The summed E-state index contributed by atoms with van der Waals surface area (Å²) in [4.78, 5) is 11.8. The number of cyclic esters (lactones) is 1. The molecule has 3 nitrogen and oxygen atoms in total. The summed E-state index contributed by atoms with van der Waals surface area (Å²) in [7, 11) is 0. The van der Waals surface area contributed by atoms with Crippen LogP contribution in [0.2, 0.25) is 0 Å². The highest BCUT2D eigenvalue weighted by molar-refractivity contribution is 5.98. The Labute approximate surface area is 101 Å². The highest BCUT2D eigenvalue weighted by Gasteiger charge is 2.49. The average Bonchev–Trinajstić information content (AvgIpc) is 2.65. The van der Waals surface area contributed by atoms with E-state index in [9.17, 15) is 9.90 Å². The molecule has 0 aromatic rings. The lowest BCUT2D eigenvalue weighted by atomic mass is 9.73. The number of allylic oxidation sites excluding steroid dienone is 1. The van der Waals surface area contributed by atoms with E-state index in [1.165, 1.54) is 0 Å². The molecule has 0 radical (unpaired) electrons. The van der Waals surface area contributed by atoms with Crippen molar-refractivity contribution in [1.29, 1.82) is 0 Å². The zero-order valence-corrected chi connectivity index (χ0v) is 10.5. The van der Waals surface area contributed by atoms with Crippen LogP contribution in [0.15, 0.2) is 22.8 Å². The molecule has 3 heteroatoms. The molecule has 0 saturated carbocycles. The van der Waals surface area contributed by atoms with Crippen molar-refractivity contribution in [1.82, 2.24) is 0 Å². The summed E-state index contributed by atoms with van der Waals surface area (Å²) < 4.78 is 5.10. The van der Waals surface area contributed by atoms with Crippen LogP contribution in [0.25, 0.3) is 0 Å². The lowest BCUT2D eigenvalue weighted by Gasteiger charge is -2.34. The third kappa shape index (κ3) is 1.48. The van der Waals surface area contributed by atoms with Crippen molar-refractivity contribution >= 4 is 5.97 Å². The molecule has 1 aliphatic heterocycles. The van der Waals surface area contributed by atoms with E-state index in [1.807, 2.05) is 0 Å². The quantitative estimate of drug-likeness (QED) is 0.652. The van der Waals surface area contributed by atoms with Crippen LogP contribution < -0.4 is 0 Å². The Kier molecular flexibility index (Phi) is 1.96. The van der Waals surface area contributed by atoms with Crippen molar-refractivity contribution in [3.05, 3.63) is 22.8 Å². The Balaban J connectivity index is 2.15. The first kappa shape index (κ1) is 11.0. The van der Waals surface area contributed by atoms with E-state index in [2.05, 4.69) is 19.9 Å². The molecule has 17 heavy (non-hydrogen) atoms. The van der Waals surface area contributed by atoms with E-state index < -0.39 is 5.60 Å². The Bertz CT molecular complexity index is 466. The minimum absolute atomic E-state index is 0.112. The maximum Gasteiger partial charge on any atom is 0.338 e. The molecular weight excluding hydrogens is 216 g/mol. The molecule has 0 saturated heterocycles. The Hall–Kier alpha value is -1.09. The number of carbonyl (C=O) groups excluding carboxylic acids is 1. The number of ether oxygens (including phenoxy) is 1. The van der Waals surface area contributed by atoms with Gasteiger partial charge in [0.2, 0.25) is 0 Å². The van der Waals surface area contributed by atoms with Crippen LogP contribution in [0.5, 0.6) is 0 Å². The van der Waals surface area contributed by atoms with E-state index in [-0.39, 0.29) is 18.0 Å². The molecule has 0 unspecified atom stereocenters. The van der Waals surface area contributed by atoms with Gasteiger partial charge in [-0.1, -0.05) is 19.9 Å². The molecule has 1 heterocycles. The van der Waals surface area contributed by atoms with Gasteiger partial charge in [-0.2, -0.15) is 0 Å². The van der Waals surface area contributed by atoms with Crippen molar-refractivity contribution in [3.8, 4) is 0 Å². The van der Waals surface area contributed by atoms with Gasteiger partial charge in [0.05, 0.1) is 11.2 Å². The molecule has 92 valence electrons. The number of rotatable bonds is 0. The molecule has 0 spiro atoms. The van der Waals surface area contributed by atoms with Gasteiger partial charge in [0.1, 0.15) is 6.61 Å². The van der Waals surface area contributed by atoms with Gasteiger partial charge in [0.15, 0.2) is 0 Å². The summed E-state index contributed by atoms with van der Waals surface area (Å²) in [5, 5.41) is 10.5. The zero-order chi connectivity index (χ0) is 12.4. The Morgan fingerprint density at radius 2 is 2.06 bits per heavy atom. The van der Waals surface area contributed by atoms with E-state index in [1.54, 1.807) is 6.92 Å². The van der Waals surface area contributed by atoms with Gasteiger partial charge in [0.25, 0.3) is 0 Å². The van der Waals surface area contributed by atoms with Gasteiger partial charge in [-0.3, -0.25) is 0 Å². The summed E-state index contributed by atoms with van der Waals surface area (Å²) >= 11 is 0. The topological polar surface area (TPSA) is 46.5 Å². The van der Waals surface area contributed by atoms with E-state index >= 15 is 0 Å². The summed E-state index contributed by atoms with van der Waals surface area (Å²) in [5.41, 5.74) is 1.78. The van der Waals surface area contributed by atoms with Gasteiger partial charge < -0.3 is 9.84 Å². The molecule has 2 aliphatic carbocycles. The maximum atomic E-state index is 11.8. The van der Waals surface area contributed by atoms with Crippen LogP contribution in [-0.2, 0) is 9.53 Å². The normalized spacial score (nSPS) is 38.7. The summed E-state index contributed by atoms with van der Waals surface area (Å²) in [6.45, 7) is 6.40. The van der Waals surface area contributed by atoms with E-state index in [0.29, 0.717) is 17.9 Å². The summed E-state index contributed by atoms with van der Waals surface area (Å²) in [5.74, 6) is 0.0401. The van der Waals surface area contributed by atoms with Crippen LogP contribution in [-0.4, -0.2) is 23.3 Å². The highest BCUT2D eigenvalue weighted by atomic mass is 16.5. The van der Waals surface area contributed by atoms with Crippen LogP contribution >= 0.6 is 0 Å². The second-order valence-electron chi connectivity index (χ2n) is 6.40. The van der Waals surface area contributed by atoms with Gasteiger partial charge in [-0.15, -0.1) is 0 Å². The highest BCUT2D eigenvalue weighted by Crippen LogP contribution is 2.52. The average molecular weight is 234 g/mol. The number of aliphatic hydroxyl groups is 1. The predicted molar refractivity (Wildman–Crippen MR) is 63.2 cm³/mol. The molecule has 1 N–H and O–H groups in total. The molecule has 0 aromatic carbocycles. The van der Waals surface area contributed by atoms with Crippen LogP contribution in [0.1, 0.15) is 33.6 Å². The fraction of sp³-hybridized carbons (Fsp3) is 0.643. The number of hydrogen-bond donors (Lipinski definition) is 1. The number of carbonyl (C=O) groups is 1. The third-order valence-electron chi connectivity index (χ3n) is 4.19. The molecule has 0 bridgehead atoms. The molecule has 0 fully saturated rings. The number of esters is 1. The smallest absolute Gasteiger partial charge is 0.338 e. The molecule has 0 amide bonds. The Morgan fingerprint density at radius 1 is 1.35 bits per heavy atom. The second-order valence-corrected chi connectivity index (χ2v) is 6.40. The molecule has 3 aliphatic rings. The van der Waals surface area contributed by atoms with Crippen molar-refractivity contribution in [3.63, 3.8) is 0 Å². The van der Waals surface area contributed by atoms with E-state index in [4.69, 9.17) is 4.74 Å². The predicted octanol–water partition coefficient (Wildman–Crippen LogP) is 1.97. The monoisotopic (exact) mass is 234 g/mol. The van der Waals surface area contributed by atoms with Crippen LogP contribution in [0, 0.1) is 11.3 Å². The van der Waals surface area contributed by atoms with Crippen molar-refractivity contribution in [2.24, 2.45) is 11.3 Å². The third-order valence-corrected chi connectivity index (χ3v) is 4.19. The van der Waals surface area contributed by atoms with Gasteiger partial charge in [0, 0.05) is 5.57 Å². The minimum Gasteiger partial charge on any atom is -0.457 e. The van der Waals surface area contributed by atoms with Crippen molar-refractivity contribution in [2.45, 2.75) is 39.2 Å². The first-order valence-corrected chi connectivity index (χ1v) is 6.16. The number of hydrogen-bond acceptors (Lipinski definition) is 3. The first-order valence-electron chi connectivity index (χ1n) is 6.16. The fourth-order valence-electron chi connectivity index (χ4n) is 3.53. The number of fused-ring (bicyclic) bond motifs is 2. The zero-order valence-electron chi connectivity index (χ0n) is 10.5. The standard InChI is InChI=1S/C14H18O3/c1-13(2)4-8-5-14(3,16)10-7-17-12(15)11(10)9(8)6-13/h6,8,16H,4-5,7H2,1-3H3/t8-,14-/m0/s1. The fourth-order valence-corrected chi connectivity index (χ4v) is 3.53. The first-order chi connectivity index (χ1) is 7.80. The minimum atomic E-state index is -0.885. The molecular formula is C14H18O3. The molecule has 2 atom stereocenters. The lowest BCUT2D eigenvalue weighted by molar-refractivity contribution is -0.135. The van der Waals surface area contributed by atoms with Crippen molar-refractivity contribution in [2.75, 3.05) is 6.61 Å². The van der Waals surface area contributed by atoms with Gasteiger partial charge >= 0.3 is 5.97 Å². The summed E-state index contributed by atoms with van der Waals surface area (Å²) in [6.07, 6.45) is 3.90.